The summed E-state index contributed by atoms with van der Waals surface area (Å²) in [7, 11) is 0. The van der Waals surface area contributed by atoms with Crippen LogP contribution in [0, 0.1) is 5.92 Å². The maximum Gasteiger partial charge on any atom is 0.225 e. The standard InChI is InChI=1S/C24H33N5OS/c1-2-25-24(26-15-21-17-31-22(27-21)18-9-5-3-6-10-18)28-20-13-14-29(16-20)23(30)19-11-7-4-8-12-19/h3,5-6,9-10,17,19-20H,2,4,7-8,11-16H2,1H3,(H2,25,26,28). The van der Waals surface area contributed by atoms with E-state index in [9.17, 15) is 4.79 Å². The van der Waals surface area contributed by atoms with Gasteiger partial charge >= 0.3 is 0 Å². The molecule has 1 unspecified atom stereocenters. The van der Waals surface area contributed by atoms with Crippen LogP contribution in [0.4, 0.5) is 0 Å². The van der Waals surface area contributed by atoms with Crippen LogP contribution < -0.4 is 10.6 Å². The lowest BCUT2D eigenvalue weighted by Gasteiger charge is -2.26. The fourth-order valence-electron chi connectivity index (χ4n) is 4.45. The van der Waals surface area contributed by atoms with Gasteiger partial charge in [-0.05, 0) is 26.2 Å². The largest absolute Gasteiger partial charge is 0.357 e. The summed E-state index contributed by atoms with van der Waals surface area (Å²) in [5.41, 5.74) is 2.11. The first-order valence-corrected chi connectivity index (χ1v) is 12.4. The Labute approximate surface area is 189 Å². The molecule has 2 aromatic rings. The summed E-state index contributed by atoms with van der Waals surface area (Å²) in [4.78, 5) is 24.4. The Kier molecular flexibility index (Phi) is 7.57. The molecule has 6 nitrogen and oxygen atoms in total. The molecular formula is C24H33N5OS. The Morgan fingerprint density at radius 1 is 1.19 bits per heavy atom. The zero-order valence-corrected chi connectivity index (χ0v) is 19.2. The maximum absolute atomic E-state index is 12.8. The number of hydrogen-bond acceptors (Lipinski definition) is 4. The Morgan fingerprint density at radius 3 is 2.77 bits per heavy atom. The van der Waals surface area contributed by atoms with Crippen LogP contribution in [0.15, 0.2) is 40.7 Å². The highest BCUT2D eigenvalue weighted by Gasteiger charge is 2.31. The number of benzene rings is 1. The van der Waals surface area contributed by atoms with Gasteiger partial charge in [0.15, 0.2) is 5.96 Å². The van der Waals surface area contributed by atoms with Crippen LogP contribution >= 0.6 is 11.3 Å². The molecule has 31 heavy (non-hydrogen) atoms. The first kappa shape index (κ1) is 21.8. The number of aromatic nitrogens is 1. The number of carbonyl (C=O) groups is 1. The predicted octanol–water partition coefficient (Wildman–Crippen LogP) is 4.05. The second-order valence-corrected chi connectivity index (χ2v) is 9.31. The summed E-state index contributed by atoms with van der Waals surface area (Å²) >= 11 is 1.65. The van der Waals surface area contributed by atoms with E-state index in [0.717, 1.165) is 61.1 Å². The van der Waals surface area contributed by atoms with Gasteiger partial charge in [-0.2, -0.15) is 0 Å². The first-order chi connectivity index (χ1) is 15.2. The first-order valence-electron chi connectivity index (χ1n) is 11.6. The fourth-order valence-corrected chi connectivity index (χ4v) is 5.27. The van der Waals surface area contributed by atoms with E-state index in [-0.39, 0.29) is 12.0 Å². The van der Waals surface area contributed by atoms with Crippen molar-refractivity contribution in [2.24, 2.45) is 10.9 Å². The molecule has 166 valence electrons. The van der Waals surface area contributed by atoms with Gasteiger partial charge in [0.25, 0.3) is 0 Å². The fraction of sp³-hybridized carbons (Fsp3) is 0.542. The number of carbonyl (C=O) groups excluding carboxylic acids is 1. The Hall–Kier alpha value is -2.41. The third kappa shape index (κ3) is 5.85. The summed E-state index contributed by atoms with van der Waals surface area (Å²) in [6, 6.07) is 10.5. The van der Waals surface area contributed by atoms with E-state index in [2.05, 4.69) is 40.0 Å². The lowest BCUT2D eigenvalue weighted by molar-refractivity contribution is -0.135. The molecule has 2 aliphatic rings. The van der Waals surface area contributed by atoms with Crippen molar-refractivity contribution in [3.05, 3.63) is 41.4 Å². The van der Waals surface area contributed by atoms with Gasteiger partial charge in [0.1, 0.15) is 5.01 Å². The van der Waals surface area contributed by atoms with Gasteiger partial charge in [0, 0.05) is 42.5 Å². The minimum Gasteiger partial charge on any atom is -0.357 e. The number of hydrogen-bond donors (Lipinski definition) is 2. The number of amides is 1. The van der Waals surface area contributed by atoms with E-state index < -0.39 is 0 Å². The minimum absolute atomic E-state index is 0.248. The lowest BCUT2D eigenvalue weighted by Crippen LogP contribution is -2.45. The summed E-state index contributed by atoms with van der Waals surface area (Å²) in [5, 5.41) is 9.97. The molecule has 4 rings (SSSR count). The molecule has 0 bridgehead atoms. The highest BCUT2D eigenvalue weighted by Crippen LogP contribution is 2.27. The van der Waals surface area contributed by atoms with E-state index in [1.807, 2.05) is 18.2 Å². The molecule has 2 heterocycles. The van der Waals surface area contributed by atoms with Crippen LogP contribution in [-0.4, -0.2) is 47.4 Å². The highest BCUT2D eigenvalue weighted by atomic mass is 32.1. The number of rotatable bonds is 6. The highest BCUT2D eigenvalue weighted by molar-refractivity contribution is 7.13. The van der Waals surface area contributed by atoms with Crippen LogP contribution in [-0.2, 0) is 11.3 Å². The number of thiazole rings is 1. The molecule has 1 aromatic heterocycles. The number of nitrogens with zero attached hydrogens (tertiary/aromatic N) is 3. The average Bonchev–Trinajstić information content (AvgIpc) is 3.48. The van der Waals surface area contributed by atoms with Crippen molar-refractivity contribution in [3.63, 3.8) is 0 Å². The SMILES string of the molecule is CCNC(=NCc1csc(-c2ccccc2)n1)NC1CCN(C(=O)C2CCCCC2)C1. The van der Waals surface area contributed by atoms with Gasteiger partial charge in [-0.15, -0.1) is 11.3 Å². The molecule has 1 aliphatic heterocycles. The molecule has 1 saturated heterocycles. The maximum atomic E-state index is 12.8. The second kappa shape index (κ2) is 10.8. The van der Waals surface area contributed by atoms with Gasteiger partial charge < -0.3 is 15.5 Å². The van der Waals surface area contributed by atoms with Gasteiger partial charge in [-0.1, -0.05) is 49.6 Å². The van der Waals surface area contributed by atoms with E-state index in [4.69, 9.17) is 9.98 Å². The number of likely N-dealkylation sites (tertiary alicyclic amines) is 1. The van der Waals surface area contributed by atoms with E-state index in [0.29, 0.717) is 12.5 Å². The average molecular weight is 440 g/mol. The Balaban J connectivity index is 1.32. The quantitative estimate of drug-likeness (QED) is 0.526. The third-order valence-electron chi connectivity index (χ3n) is 6.11. The van der Waals surface area contributed by atoms with Crippen molar-refractivity contribution >= 4 is 23.2 Å². The monoisotopic (exact) mass is 439 g/mol. The van der Waals surface area contributed by atoms with Crippen molar-refractivity contribution < 1.29 is 4.79 Å². The van der Waals surface area contributed by atoms with E-state index in [1.54, 1.807) is 11.3 Å². The summed E-state index contributed by atoms with van der Waals surface area (Å²) in [6.45, 7) is 5.03. The lowest BCUT2D eigenvalue weighted by atomic mass is 9.88. The predicted molar refractivity (Wildman–Crippen MR) is 127 cm³/mol. The molecule has 0 spiro atoms. The number of guanidine groups is 1. The van der Waals surface area contributed by atoms with Crippen molar-refractivity contribution in [1.29, 1.82) is 0 Å². The van der Waals surface area contributed by atoms with Crippen LogP contribution in [0.3, 0.4) is 0 Å². The van der Waals surface area contributed by atoms with Gasteiger partial charge in [-0.3, -0.25) is 4.79 Å². The molecule has 0 radical (unpaired) electrons. The molecule has 2 fully saturated rings. The van der Waals surface area contributed by atoms with Crippen LogP contribution in [0.1, 0.15) is 51.1 Å². The molecule has 1 aromatic carbocycles. The normalized spacial score (nSPS) is 20.1. The summed E-state index contributed by atoms with van der Waals surface area (Å²) in [6.07, 6.45) is 6.78. The molecule has 1 amide bonds. The topological polar surface area (TPSA) is 69.6 Å². The minimum atomic E-state index is 0.248. The zero-order valence-electron chi connectivity index (χ0n) is 18.3. The third-order valence-corrected chi connectivity index (χ3v) is 7.05. The van der Waals surface area contributed by atoms with Crippen LogP contribution in [0.25, 0.3) is 10.6 Å². The number of aliphatic imine (C=N–C) groups is 1. The summed E-state index contributed by atoms with van der Waals surface area (Å²) in [5.74, 6) is 1.41. The molecule has 2 N–H and O–H groups in total. The smallest absolute Gasteiger partial charge is 0.225 e. The zero-order chi connectivity index (χ0) is 21.5. The van der Waals surface area contributed by atoms with Gasteiger partial charge in [0.05, 0.1) is 12.2 Å². The van der Waals surface area contributed by atoms with Gasteiger partial charge in [0.2, 0.25) is 5.91 Å². The molecule has 1 atom stereocenters. The summed E-state index contributed by atoms with van der Waals surface area (Å²) < 4.78 is 0. The van der Waals surface area contributed by atoms with Crippen LogP contribution in [0.2, 0.25) is 0 Å². The van der Waals surface area contributed by atoms with Crippen molar-refractivity contribution in [3.8, 4) is 10.6 Å². The van der Waals surface area contributed by atoms with Crippen molar-refractivity contribution in [2.45, 2.75) is 58.0 Å². The van der Waals surface area contributed by atoms with Gasteiger partial charge in [-0.25, -0.2) is 9.98 Å². The van der Waals surface area contributed by atoms with E-state index in [1.165, 1.54) is 19.3 Å². The second-order valence-electron chi connectivity index (χ2n) is 8.45. The molecule has 1 aliphatic carbocycles. The Bertz CT molecular complexity index is 875. The van der Waals surface area contributed by atoms with Crippen molar-refractivity contribution in [2.75, 3.05) is 19.6 Å². The van der Waals surface area contributed by atoms with Crippen LogP contribution in [0.5, 0.6) is 0 Å². The molecule has 1 saturated carbocycles. The Morgan fingerprint density at radius 2 is 2.00 bits per heavy atom. The number of nitrogens with one attached hydrogen (secondary N) is 2. The molecule has 7 heteroatoms. The van der Waals surface area contributed by atoms with E-state index >= 15 is 0 Å². The van der Waals surface area contributed by atoms with Crippen molar-refractivity contribution in [1.82, 2.24) is 20.5 Å². The molecular weight excluding hydrogens is 406 g/mol.